The van der Waals surface area contributed by atoms with Crippen LogP contribution in [-0.2, 0) is 16.6 Å². The zero-order chi connectivity index (χ0) is 15.7. The van der Waals surface area contributed by atoms with Crippen LogP contribution in [0.4, 0.5) is 5.69 Å². The Morgan fingerprint density at radius 2 is 1.77 bits per heavy atom. The van der Waals surface area contributed by atoms with Gasteiger partial charge in [0.05, 0.1) is 10.6 Å². The van der Waals surface area contributed by atoms with E-state index in [1.165, 1.54) is 4.31 Å². The van der Waals surface area contributed by atoms with Crippen LogP contribution >= 0.6 is 0 Å². The lowest BCUT2D eigenvalue weighted by Gasteiger charge is -2.26. The fourth-order valence-corrected chi connectivity index (χ4v) is 4.26. The molecule has 1 aliphatic heterocycles. The highest BCUT2D eigenvalue weighted by Gasteiger charge is 2.29. The van der Waals surface area contributed by atoms with E-state index in [0.717, 1.165) is 16.8 Å². The van der Waals surface area contributed by atoms with Crippen molar-refractivity contribution >= 4 is 15.7 Å². The van der Waals surface area contributed by atoms with E-state index in [4.69, 9.17) is 0 Å². The summed E-state index contributed by atoms with van der Waals surface area (Å²) in [7, 11) is -3.56. The maximum Gasteiger partial charge on any atom is 0.264 e. The molecule has 4 nitrogen and oxygen atoms in total. The van der Waals surface area contributed by atoms with Gasteiger partial charge in [-0.25, -0.2) is 8.42 Å². The maximum absolute atomic E-state index is 13.1. The van der Waals surface area contributed by atoms with Gasteiger partial charge in [0.15, 0.2) is 0 Å². The highest BCUT2D eigenvalue weighted by molar-refractivity contribution is 7.92. The third-order valence-electron chi connectivity index (χ3n) is 3.95. The first-order chi connectivity index (χ1) is 10.5. The summed E-state index contributed by atoms with van der Waals surface area (Å²) in [5.41, 5.74) is 2.81. The minimum absolute atomic E-state index is 0.0904. The summed E-state index contributed by atoms with van der Waals surface area (Å²) in [6, 6.07) is 14.8. The predicted molar refractivity (Wildman–Crippen MR) is 88.5 cm³/mol. The van der Waals surface area contributed by atoms with E-state index < -0.39 is 10.0 Å². The van der Waals surface area contributed by atoms with Gasteiger partial charge in [0.2, 0.25) is 0 Å². The number of nitrogens with zero attached hydrogens (tertiary/aromatic N) is 1. The molecule has 0 radical (unpaired) electrons. The lowest BCUT2D eigenvalue weighted by atomic mass is 10.2. The molecule has 1 heterocycles. The topological polar surface area (TPSA) is 49.4 Å². The number of nitrogens with one attached hydrogen (secondary N) is 1. The smallest absolute Gasteiger partial charge is 0.264 e. The predicted octanol–water partition coefficient (Wildman–Crippen LogP) is 2.68. The van der Waals surface area contributed by atoms with Crippen molar-refractivity contribution in [3.63, 3.8) is 0 Å². The minimum Gasteiger partial charge on any atom is -0.308 e. The van der Waals surface area contributed by atoms with Crippen molar-refractivity contribution in [1.82, 2.24) is 5.32 Å². The fourth-order valence-electron chi connectivity index (χ4n) is 2.66. The SMILES string of the molecule is Cc1ccc(S(=O)(=O)N2CC(C)NCc3ccccc32)cc1. The van der Waals surface area contributed by atoms with Gasteiger partial charge in [-0.1, -0.05) is 35.9 Å². The second-order valence-electron chi connectivity index (χ2n) is 5.76. The first-order valence-corrected chi connectivity index (χ1v) is 8.83. The van der Waals surface area contributed by atoms with Gasteiger partial charge in [0.1, 0.15) is 0 Å². The van der Waals surface area contributed by atoms with Gasteiger partial charge in [0.25, 0.3) is 10.0 Å². The molecule has 1 aliphatic rings. The Kier molecular flexibility index (Phi) is 3.93. The Balaban J connectivity index is 2.10. The van der Waals surface area contributed by atoms with E-state index in [1.54, 1.807) is 12.1 Å². The van der Waals surface area contributed by atoms with Crippen LogP contribution in [-0.4, -0.2) is 21.0 Å². The van der Waals surface area contributed by atoms with Crippen molar-refractivity contribution in [3.05, 3.63) is 59.7 Å². The third kappa shape index (κ3) is 2.74. The highest BCUT2D eigenvalue weighted by atomic mass is 32.2. The number of aryl methyl sites for hydroxylation is 1. The van der Waals surface area contributed by atoms with Gasteiger partial charge in [-0.15, -0.1) is 0 Å². The van der Waals surface area contributed by atoms with Crippen LogP contribution in [0, 0.1) is 6.92 Å². The molecule has 5 heteroatoms. The zero-order valence-corrected chi connectivity index (χ0v) is 13.6. The van der Waals surface area contributed by atoms with Gasteiger partial charge < -0.3 is 5.32 Å². The molecule has 0 aliphatic carbocycles. The summed E-state index contributed by atoms with van der Waals surface area (Å²) in [4.78, 5) is 0.335. The largest absolute Gasteiger partial charge is 0.308 e. The van der Waals surface area contributed by atoms with Crippen LogP contribution in [0.2, 0.25) is 0 Å². The minimum atomic E-state index is -3.56. The molecule has 2 aromatic carbocycles. The maximum atomic E-state index is 13.1. The molecule has 1 atom stereocenters. The van der Waals surface area contributed by atoms with E-state index in [1.807, 2.05) is 50.2 Å². The molecule has 0 saturated heterocycles. The van der Waals surface area contributed by atoms with E-state index in [0.29, 0.717) is 18.0 Å². The first-order valence-electron chi connectivity index (χ1n) is 7.39. The molecule has 0 spiro atoms. The molecule has 2 aromatic rings. The van der Waals surface area contributed by atoms with Crippen molar-refractivity contribution < 1.29 is 8.42 Å². The summed E-state index contributed by atoms with van der Waals surface area (Å²) in [6.07, 6.45) is 0. The Labute approximate surface area is 131 Å². The Morgan fingerprint density at radius 1 is 1.09 bits per heavy atom. The summed E-state index contributed by atoms with van der Waals surface area (Å²) in [5, 5.41) is 3.36. The monoisotopic (exact) mass is 316 g/mol. The molecule has 0 fully saturated rings. The molecular formula is C17H20N2O2S. The second-order valence-corrected chi connectivity index (χ2v) is 7.62. The quantitative estimate of drug-likeness (QED) is 0.927. The summed E-state index contributed by atoms with van der Waals surface area (Å²) >= 11 is 0. The summed E-state index contributed by atoms with van der Waals surface area (Å²) in [6.45, 7) is 5.05. The van der Waals surface area contributed by atoms with Gasteiger partial charge >= 0.3 is 0 Å². The molecule has 116 valence electrons. The summed E-state index contributed by atoms with van der Waals surface area (Å²) in [5.74, 6) is 0. The number of benzene rings is 2. The number of anilines is 1. The normalized spacial score (nSPS) is 18.6. The van der Waals surface area contributed by atoms with Crippen LogP contribution in [0.3, 0.4) is 0 Å². The molecule has 1 N–H and O–H groups in total. The Hall–Kier alpha value is -1.85. The van der Waals surface area contributed by atoms with Crippen molar-refractivity contribution in [1.29, 1.82) is 0 Å². The third-order valence-corrected chi connectivity index (χ3v) is 5.74. The second kappa shape index (κ2) is 5.74. The van der Waals surface area contributed by atoms with E-state index in [2.05, 4.69) is 5.32 Å². The molecule has 22 heavy (non-hydrogen) atoms. The van der Waals surface area contributed by atoms with E-state index >= 15 is 0 Å². The molecule has 0 saturated carbocycles. The number of rotatable bonds is 2. The van der Waals surface area contributed by atoms with Gasteiger partial charge in [-0.05, 0) is 37.6 Å². The highest BCUT2D eigenvalue weighted by Crippen LogP contribution is 2.29. The fraction of sp³-hybridized carbons (Fsp3) is 0.294. The number of hydrogen-bond donors (Lipinski definition) is 1. The average Bonchev–Trinajstić information content (AvgIpc) is 2.68. The number of sulfonamides is 1. The lowest BCUT2D eigenvalue weighted by molar-refractivity contribution is 0.556. The van der Waals surface area contributed by atoms with Crippen LogP contribution in [0.5, 0.6) is 0 Å². The van der Waals surface area contributed by atoms with Crippen molar-refractivity contribution in [2.45, 2.75) is 31.3 Å². The molecular weight excluding hydrogens is 296 g/mol. The lowest BCUT2D eigenvalue weighted by Crippen LogP contribution is -2.39. The van der Waals surface area contributed by atoms with Gasteiger partial charge in [0, 0.05) is 19.1 Å². The molecule has 0 aromatic heterocycles. The number of fused-ring (bicyclic) bond motifs is 1. The Bertz CT molecular complexity index is 770. The summed E-state index contributed by atoms with van der Waals surface area (Å²) < 4.78 is 27.6. The Morgan fingerprint density at radius 3 is 2.50 bits per heavy atom. The molecule has 1 unspecified atom stereocenters. The van der Waals surface area contributed by atoms with Crippen LogP contribution < -0.4 is 9.62 Å². The average molecular weight is 316 g/mol. The van der Waals surface area contributed by atoms with Crippen LogP contribution in [0.1, 0.15) is 18.1 Å². The van der Waals surface area contributed by atoms with Crippen molar-refractivity contribution in [2.24, 2.45) is 0 Å². The zero-order valence-electron chi connectivity index (χ0n) is 12.8. The first kappa shape index (κ1) is 15.1. The van der Waals surface area contributed by atoms with Crippen molar-refractivity contribution in [3.8, 4) is 0 Å². The van der Waals surface area contributed by atoms with E-state index in [-0.39, 0.29) is 6.04 Å². The van der Waals surface area contributed by atoms with Gasteiger partial charge in [-0.3, -0.25) is 4.31 Å². The number of para-hydroxylation sites is 1. The molecule has 3 rings (SSSR count). The van der Waals surface area contributed by atoms with Crippen LogP contribution in [0.15, 0.2) is 53.4 Å². The molecule has 0 amide bonds. The number of hydrogen-bond acceptors (Lipinski definition) is 3. The van der Waals surface area contributed by atoms with E-state index in [9.17, 15) is 8.42 Å². The van der Waals surface area contributed by atoms with Crippen LogP contribution in [0.25, 0.3) is 0 Å². The molecule has 0 bridgehead atoms. The van der Waals surface area contributed by atoms with Gasteiger partial charge in [-0.2, -0.15) is 0 Å². The van der Waals surface area contributed by atoms with Crippen molar-refractivity contribution in [2.75, 3.05) is 10.8 Å². The standard InChI is InChI=1S/C17H20N2O2S/c1-13-7-9-16(10-8-13)22(20,21)19-12-14(2)18-11-15-5-3-4-6-17(15)19/h3-10,14,18H,11-12H2,1-2H3.